The molecule has 28 heavy (non-hydrogen) atoms. The fourth-order valence-corrected chi connectivity index (χ4v) is 6.03. The van der Waals surface area contributed by atoms with Gasteiger partial charge in [-0.2, -0.15) is 8.42 Å². The van der Waals surface area contributed by atoms with E-state index in [0.717, 1.165) is 31.5 Å². The van der Waals surface area contributed by atoms with Gasteiger partial charge in [-0.25, -0.2) is 4.98 Å². The SMILES string of the molecule is CN(C)CCNC1CCc2ccc(NS(=O)(=O)c3c(Cl)nc4sccn34)cc21. The summed E-state index contributed by atoms with van der Waals surface area (Å²) in [6.45, 7) is 1.84. The predicted octanol–water partition coefficient (Wildman–Crippen LogP) is 2.99. The molecular formula is C18H22ClN5O2S2. The second-order valence-electron chi connectivity index (χ2n) is 7.13. The molecule has 1 aliphatic carbocycles. The van der Waals surface area contributed by atoms with Crippen molar-refractivity contribution in [2.45, 2.75) is 23.9 Å². The van der Waals surface area contributed by atoms with Crippen molar-refractivity contribution in [1.82, 2.24) is 19.6 Å². The van der Waals surface area contributed by atoms with E-state index in [2.05, 4.69) is 19.9 Å². The Morgan fingerprint density at radius 1 is 1.39 bits per heavy atom. The highest BCUT2D eigenvalue weighted by molar-refractivity contribution is 7.92. The van der Waals surface area contributed by atoms with Crippen LogP contribution in [0.15, 0.2) is 34.8 Å². The number of hydrogen-bond acceptors (Lipinski definition) is 6. The van der Waals surface area contributed by atoms with Crippen LogP contribution in [0.4, 0.5) is 5.69 Å². The Hall–Kier alpha value is -1.65. The Morgan fingerprint density at radius 2 is 2.21 bits per heavy atom. The van der Waals surface area contributed by atoms with E-state index in [1.807, 2.05) is 26.2 Å². The predicted molar refractivity (Wildman–Crippen MR) is 113 cm³/mol. The number of aromatic nitrogens is 2. The van der Waals surface area contributed by atoms with Crippen molar-refractivity contribution in [3.63, 3.8) is 0 Å². The van der Waals surface area contributed by atoms with Gasteiger partial charge in [0.2, 0.25) is 0 Å². The lowest BCUT2D eigenvalue weighted by Gasteiger charge is -2.17. The normalized spacial score (nSPS) is 16.8. The summed E-state index contributed by atoms with van der Waals surface area (Å²) in [6, 6.07) is 5.96. The summed E-state index contributed by atoms with van der Waals surface area (Å²) in [5, 5.41) is 5.28. The monoisotopic (exact) mass is 439 g/mol. The first-order chi connectivity index (χ1) is 13.3. The standard InChI is InChI=1S/C18H22ClN5O2S2/c1-23(2)8-7-20-15-6-4-12-3-5-13(11-14(12)15)22-28(25,26)17-16(19)21-18-24(17)9-10-27-18/h3,5,9-11,15,20,22H,4,6-8H2,1-2H3. The number of halogens is 1. The van der Waals surface area contributed by atoms with Crippen LogP contribution in [0.25, 0.3) is 4.96 Å². The van der Waals surface area contributed by atoms with E-state index in [1.165, 1.54) is 21.3 Å². The molecule has 4 rings (SSSR count). The van der Waals surface area contributed by atoms with Gasteiger partial charge in [-0.1, -0.05) is 17.7 Å². The average Bonchev–Trinajstić information content (AvgIpc) is 3.28. The number of hydrogen-bond donors (Lipinski definition) is 2. The average molecular weight is 440 g/mol. The second-order valence-corrected chi connectivity index (χ2v) is 9.96. The fourth-order valence-electron chi connectivity index (χ4n) is 3.52. The maximum atomic E-state index is 13.0. The van der Waals surface area contributed by atoms with Crippen LogP contribution in [0.2, 0.25) is 5.15 Å². The molecule has 1 aliphatic rings. The number of rotatable bonds is 7. The number of thiazole rings is 1. The van der Waals surface area contributed by atoms with E-state index in [4.69, 9.17) is 11.6 Å². The molecule has 7 nitrogen and oxygen atoms in total. The third-order valence-electron chi connectivity index (χ3n) is 4.86. The second kappa shape index (κ2) is 7.64. The van der Waals surface area contributed by atoms with Crippen LogP contribution < -0.4 is 10.0 Å². The van der Waals surface area contributed by atoms with Gasteiger partial charge in [-0.15, -0.1) is 11.3 Å². The van der Waals surface area contributed by atoms with Gasteiger partial charge in [0.15, 0.2) is 15.1 Å². The maximum Gasteiger partial charge on any atom is 0.281 e. The molecule has 1 aromatic carbocycles. The summed E-state index contributed by atoms with van der Waals surface area (Å²) < 4.78 is 30.1. The summed E-state index contributed by atoms with van der Waals surface area (Å²) in [6.07, 6.45) is 3.66. The van der Waals surface area contributed by atoms with Gasteiger partial charge >= 0.3 is 0 Å². The quantitative estimate of drug-likeness (QED) is 0.591. The Balaban J connectivity index is 1.57. The molecule has 2 heterocycles. The van der Waals surface area contributed by atoms with Crippen LogP contribution in [-0.2, 0) is 16.4 Å². The van der Waals surface area contributed by atoms with Crippen LogP contribution in [0.5, 0.6) is 0 Å². The van der Waals surface area contributed by atoms with E-state index in [1.54, 1.807) is 17.6 Å². The third-order valence-corrected chi connectivity index (χ3v) is 7.39. The summed E-state index contributed by atoms with van der Waals surface area (Å²) in [4.78, 5) is 6.79. The number of fused-ring (bicyclic) bond motifs is 2. The van der Waals surface area contributed by atoms with Crippen molar-refractivity contribution in [2.24, 2.45) is 0 Å². The lowest BCUT2D eigenvalue weighted by molar-refractivity contribution is 0.384. The number of aryl methyl sites for hydroxylation is 1. The van der Waals surface area contributed by atoms with Crippen molar-refractivity contribution in [3.8, 4) is 0 Å². The first kappa shape index (κ1) is 19.7. The van der Waals surface area contributed by atoms with Crippen molar-refractivity contribution >= 4 is 43.6 Å². The van der Waals surface area contributed by atoms with Crippen molar-refractivity contribution in [1.29, 1.82) is 0 Å². The minimum Gasteiger partial charge on any atom is -0.309 e. The highest BCUT2D eigenvalue weighted by atomic mass is 35.5. The first-order valence-corrected chi connectivity index (χ1v) is 11.7. The zero-order valence-electron chi connectivity index (χ0n) is 15.6. The topological polar surface area (TPSA) is 78.7 Å². The Bertz CT molecular complexity index is 1110. The molecule has 2 N–H and O–H groups in total. The summed E-state index contributed by atoms with van der Waals surface area (Å²) in [5.41, 5.74) is 2.94. The third kappa shape index (κ3) is 3.77. The number of imidazole rings is 1. The van der Waals surface area contributed by atoms with Crippen molar-refractivity contribution in [2.75, 3.05) is 31.9 Å². The van der Waals surface area contributed by atoms with E-state index in [9.17, 15) is 8.42 Å². The van der Waals surface area contributed by atoms with E-state index < -0.39 is 10.0 Å². The van der Waals surface area contributed by atoms with Crippen LogP contribution >= 0.6 is 22.9 Å². The number of nitrogens with zero attached hydrogens (tertiary/aromatic N) is 3. The summed E-state index contributed by atoms with van der Waals surface area (Å²) in [7, 11) is 0.228. The number of sulfonamides is 1. The molecule has 0 radical (unpaired) electrons. The van der Waals surface area contributed by atoms with Crippen LogP contribution in [-0.4, -0.2) is 49.9 Å². The fraction of sp³-hybridized carbons (Fsp3) is 0.389. The molecule has 0 spiro atoms. The van der Waals surface area contributed by atoms with Crippen LogP contribution in [0.3, 0.4) is 0 Å². The summed E-state index contributed by atoms with van der Waals surface area (Å²) in [5.74, 6) is 0. The Kier molecular flexibility index (Phi) is 5.36. The summed E-state index contributed by atoms with van der Waals surface area (Å²) >= 11 is 7.44. The minimum atomic E-state index is -3.86. The van der Waals surface area contributed by atoms with E-state index in [-0.39, 0.29) is 16.2 Å². The van der Waals surface area contributed by atoms with Crippen molar-refractivity contribution in [3.05, 3.63) is 46.1 Å². The molecule has 1 atom stereocenters. The first-order valence-electron chi connectivity index (χ1n) is 9.00. The molecule has 2 aromatic heterocycles. The van der Waals surface area contributed by atoms with Gasteiger partial charge < -0.3 is 10.2 Å². The van der Waals surface area contributed by atoms with Crippen LogP contribution in [0.1, 0.15) is 23.6 Å². The van der Waals surface area contributed by atoms with E-state index in [0.29, 0.717) is 10.6 Å². The lowest BCUT2D eigenvalue weighted by Crippen LogP contribution is -2.28. The molecule has 0 bridgehead atoms. The molecule has 150 valence electrons. The maximum absolute atomic E-state index is 13.0. The van der Waals surface area contributed by atoms with E-state index >= 15 is 0 Å². The highest BCUT2D eigenvalue weighted by Gasteiger charge is 2.27. The number of anilines is 1. The smallest absolute Gasteiger partial charge is 0.281 e. The van der Waals surface area contributed by atoms with Gasteiger partial charge in [-0.05, 0) is 50.2 Å². The molecule has 0 amide bonds. The van der Waals surface area contributed by atoms with Gasteiger partial charge in [0.05, 0.1) is 0 Å². The molecule has 1 unspecified atom stereocenters. The van der Waals surface area contributed by atoms with Gasteiger partial charge in [0, 0.05) is 36.4 Å². The van der Waals surface area contributed by atoms with Crippen LogP contribution in [0, 0.1) is 0 Å². The Labute approximate surface area is 173 Å². The zero-order valence-corrected chi connectivity index (χ0v) is 18.0. The highest BCUT2D eigenvalue weighted by Crippen LogP contribution is 2.34. The largest absolute Gasteiger partial charge is 0.309 e. The molecule has 0 fully saturated rings. The minimum absolute atomic E-state index is 0.0243. The van der Waals surface area contributed by atoms with Gasteiger partial charge in [0.1, 0.15) is 0 Å². The molecule has 0 saturated carbocycles. The number of likely N-dealkylation sites (N-methyl/N-ethyl adjacent to an activating group) is 1. The van der Waals surface area contributed by atoms with Crippen molar-refractivity contribution < 1.29 is 8.42 Å². The molecular weight excluding hydrogens is 418 g/mol. The zero-order chi connectivity index (χ0) is 19.9. The molecule has 0 saturated heterocycles. The Morgan fingerprint density at radius 3 is 3.00 bits per heavy atom. The lowest BCUT2D eigenvalue weighted by atomic mass is 10.1. The molecule has 3 aromatic rings. The number of nitrogens with one attached hydrogen (secondary N) is 2. The molecule has 10 heteroatoms. The number of benzene rings is 1. The van der Waals surface area contributed by atoms with Gasteiger partial charge in [0.25, 0.3) is 10.0 Å². The molecule has 0 aliphatic heterocycles. The van der Waals surface area contributed by atoms with Gasteiger partial charge in [-0.3, -0.25) is 9.12 Å².